The lowest BCUT2D eigenvalue weighted by Crippen LogP contribution is -2.37. The van der Waals surface area contributed by atoms with Crippen molar-refractivity contribution in [1.82, 2.24) is 5.32 Å². The lowest BCUT2D eigenvalue weighted by molar-refractivity contribution is -0.117. The zero-order chi connectivity index (χ0) is 18.7. The summed E-state index contributed by atoms with van der Waals surface area (Å²) in [4.78, 5) is 26.4. The third kappa shape index (κ3) is 3.75. The molecule has 0 spiro atoms. The molecule has 1 fully saturated rings. The fourth-order valence-corrected chi connectivity index (χ4v) is 3.14. The van der Waals surface area contributed by atoms with E-state index in [0.717, 1.165) is 0 Å². The first kappa shape index (κ1) is 18.1. The summed E-state index contributed by atoms with van der Waals surface area (Å²) in [7, 11) is 3.10. The quantitative estimate of drug-likeness (QED) is 0.873. The summed E-state index contributed by atoms with van der Waals surface area (Å²) in [6, 6.07) is 11.7. The minimum absolute atomic E-state index is 0.0615. The van der Waals surface area contributed by atoms with Crippen LogP contribution in [0.15, 0.2) is 42.5 Å². The lowest BCUT2D eigenvalue weighted by Gasteiger charge is -2.19. The molecule has 0 aliphatic carbocycles. The Balaban J connectivity index is 1.72. The fraction of sp³-hybridized carbons (Fsp3) is 0.263. The molecule has 1 aliphatic heterocycles. The van der Waals surface area contributed by atoms with Crippen LogP contribution in [0.4, 0.5) is 5.69 Å². The van der Waals surface area contributed by atoms with E-state index in [1.165, 1.54) is 0 Å². The Bertz CT molecular complexity index is 840. The molecule has 1 saturated heterocycles. The molecule has 2 aromatic rings. The van der Waals surface area contributed by atoms with Crippen LogP contribution in [-0.2, 0) is 4.79 Å². The summed E-state index contributed by atoms with van der Waals surface area (Å²) in [6.07, 6.45) is 0.237. The summed E-state index contributed by atoms with van der Waals surface area (Å²) in [5, 5.41) is 3.38. The van der Waals surface area contributed by atoms with Gasteiger partial charge in [0.1, 0.15) is 0 Å². The van der Waals surface area contributed by atoms with Crippen molar-refractivity contribution >= 4 is 29.1 Å². The zero-order valence-corrected chi connectivity index (χ0v) is 15.2. The Hall–Kier alpha value is -2.73. The van der Waals surface area contributed by atoms with Gasteiger partial charge in [-0.3, -0.25) is 9.59 Å². The zero-order valence-electron chi connectivity index (χ0n) is 14.5. The van der Waals surface area contributed by atoms with Crippen LogP contribution < -0.4 is 19.7 Å². The van der Waals surface area contributed by atoms with Crippen molar-refractivity contribution in [1.29, 1.82) is 0 Å². The van der Waals surface area contributed by atoms with Crippen LogP contribution in [0, 0.1) is 0 Å². The van der Waals surface area contributed by atoms with Gasteiger partial charge in [-0.25, -0.2) is 0 Å². The van der Waals surface area contributed by atoms with E-state index in [9.17, 15) is 9.59 Å². The summed E-state index contributed by atoms with van der Waals surface area (Å²) in [6.45, 7) is 0.390. The van der Waals surface area contributed by atoms with Gasteiger partial charge in [-0.1, -0.05) is 17.7 Å². The van der Waals surface area contributed by atoms with Crippen LogP contribution >= 0.6 is 11.6 Å². The molecule has 0 radical (unpaired) electrons. The molecular weight excluding hydrogens is 356 g/mol. The average Bonchev–Trinajstić information content (AvgIpc) is 3.01. The Morgan fingerprint density at radius 2 is 1.92 bits per heavy atom. The number of benzene rings is 2. The molecule has 7 heteroatoms. The highest BCUT2D eigenvalue weighted by Gasteiger charge is 2.32. The van der Waals surface area contributed by atoms with Gasteiger partial charge in [0, 0.05) is 35.3 Å². The Kier molecular flexibility index (Phi) is 5.32. The number of halogens is 1. The SMILES string of the molecule is COc1ccc(N2C[C@@H](NC(=O)c3cccc(Cl)c3)CC2=O)cc1OC. The van der Waals surface area contributed by atoms with Crippen LogP contribution in [-0.4, -0.2) is 38.6 Å². The Morgan fingerprint density at radius 1 is 1.15 bits per heavy atom. The Morgan fingerprint density at radius 3 is 2.62 bits per heavy atom. The van der Waals surface area contributed by atoms with Gasteiger partial charge in [-0.15, -0.1) is 0 Å². The normalized spacial score (nSPS) is 16.5. The van der Waals surface area contributed by atoms with Gasteiger partial charge < -0.3 is 19.7 Å². The largest absolute Gasteiger partial charge is 0.493 e. The number of nitrogens with one attached hydrogen (secondary N) is 1. The highest BCUT2D eigenvalue weighted by atomic mass is 35.5. The number of carbonyl (C=O) groups is 2. The maximum absolute atomic E-state index is 12.4. The van der Waals surface area contributed by atoms with E-state index in [1.807, 2.05) is 0 Å². The standard InChI is InChI=1S/C19H19ClN2O4/c1-25-16-7-6-15(10-17(16)26-2)22-11-14(9-18(22)23)21-19(24)12-4-3-5-13(20)8-12/h3-8,10,14H,9,11H2,1-2H3,(H,21,24)/t14-/m0/s1. The number of amides is 2. The topological polar surface area (TPSA) is 67.9 Å². The van der Waals surface area contributed by atoms with Crippen molar-refractivity contribution in [3.05, 3.63) is 53.1 Å². The predicted octanol–water partition coefficient (Wildman–Crippen LogP) is 2.89. The van der Waals surface area contributed by atoms with E-state index in [1.54, 1.807) is 61.6 Å². The first-order chi connectivity index (χ1) is 12.5. The minimum Gasteiger partial charge on any atom is -0.493 e. The predicted molar refractivity (Wildman–Crippen MR) is 99.2 cm³/mol. The van der Waals surface area contributed by atoms with Crippen molar-refractivity contribution in [2.24, 2.45) is 0 Å². The number of rotatable bonds is 5. The average molecular weight is 375 g/mol. The van der Waals surface area contributed by atoms with Crippen molar-refractivity contribution in [3.63, 3.8) is 0 Å². The molecule has 2 amide bonds. The van der Waals surface area contributed by atoms with Crippen LogP contribution in [0.1, 0.15) is 16.8 Å². The lowest BCUT2D eigenvalue weighted by atomic mass is 10.2. The monoisotopic (exact) mass is 374 g/mol. The number of methoxy groups -OCH3 is 2. The summed E-state index contributed by atoms with van der Waals surface area (Å²) in [5.74, 6) is 0.825. The van der Waals surface area contributed by atoms with Crippen LogP contribution in [0.5, 0.6) is 11.5 Å². The molecule has 0 unspecified atom stereocenters. The van der Waals surface area contributed by atoms with E-state index in [4.69, 9.17) is 21.1 Å². The molecule has 3 rings (SSSR count). The molecule has 0 bridgehead atoms. The molecule has 1 N–H and O–H groups in total. The fourth-order valence-electron chi connectivity index (χ4n) is 2.95. The molecule has 2 aromatic carbocycles. The van der Waals surface area contributed by atoms with Crippen molar-refractivity contribution in [2.45, 2.75) is 12.5 Å². The maximum Gasteiger partial charge on any atom is 0.251 e. The molecule has 1 aliphatic rings. The Labute approximate surface area is 156 Å². The van der Waals surface area contributed by atoms with E-state index in [2.05, 4.69) is 5.32 Å². The third-order valence-corrected chi connectivity index (χ3v) is 4.46. The number of anilines is 1. The van der Waals surface area contributed by atoms with Crippen LogP contribution in [0.25, 0.3) is 0 Å². The van der Waals surface area contributed by atoms with Crippen LogP contribution in [0.3, 0.4) is 0 Å². The number of nitrogens with zero attached hydrogens (tertiary/aromatic N) is 1. The molecule has 26 heavy (non-hydrogen) atoms. The van der Waals surface area contributed by atoms with Gasteiger partial charge in [0.05, 0.1) is 20.3 Å². The van der Waals surface area contributed by atoms with Gasteiger partial charge >= 0.3 is 0 Å². The molecule has 1 heterocycles. The summed E-state index contributed by atoms with van der Waals surface area (Å²) >= 11 is 5.92. The molecule has 1 atom stereocenters. The molecule has 0 saturated carbocycles. The molecule has 6 nitrogen and oxygen atoms in total. The minimum atomic E-state index is -0.276. The second-order valence-electron chi connectivity index (χ2n) is 5.93. The van der Waals surface area contributed by atoms with Gasteiger partial charge in [-0.05, 0) is 30.3 Å². The van der Waals surface area contributed by atoms with Gasteiger partial charge in [0.2, 0.25) is 5.91 Å². The van der Waals surface area contributed by atoms with Crippen LogP contribution in [0.2, 0.25) is 5.02 Å². The van der Waals surface area contributed by atoms with Gasteiger partial charge in [-0.2, -0.15) is 0 Å². The second kappa shape index (κ2) is 7.66. The molecular formula is C19H19ClN2O4. The summed E-state index contributed by atoms with van der Waals surface area (Å²) in [5.41, 5.74) is 1.17. The smallest absolute Gasteiger partial charge is 0.251 e. The second-order valence-corrected chi connectivity index (χ2v) is 6.36. The number of carbonyl (C=O) groups excluding carboxylic acids is 2. The highest BCUT2D eigenvalue weighted by Crippen LogP contribution is 2.33. The first-order valence-corrected chi connectivity index (χ1v) is 8.48. The van der Waals surface area contributed by atoms with E-state index < -0.39 is 0 Å². The van der Waals surface area contributed by atoms with Gasteiger partial charge in [0.25, 0.3) is 5.91 Å². The van der Waals surface area contributed by atoms with E-state index in [-0.39, 0.29) is 24.3 Å². The van der Waals surface area contributed by atoms with Crippen molar-refractivity contribution in [2.75, 3.05) is 25.7 Å². The van der Waals surface area contributed by atoms with E-state index in [0.29, 0.717) is 34.3 Å². The number of ether oxygens (including phenoxy) is 2. The highest BCUT2D eigenvalue weighted by molar-refractivity contribution is 6.30. The first-order valence-electron chi connectivity index (χ1n) is 8.10. The third-order valence-electron chi connectivity index (χ3n) is 4.23. The van der Waals surface area contributed by atoms with Crippen molar-refractivity contribution in [3.8, 4) is 11.5 Å². The number of hydrogen-bond acceptors (Lipinski definition) is 4. The maximum atomic E-state index is 12.4. The van der Waals surface area contributed by atoms with Crippen molar-refractivity contribution < 1.29 is 19.1 Å². The molecule has 0 aromatic heterocycles. The van der Waals surface area contributed by atoms with E-state index >= 15 is 0 Å². The summed E-state index contributed by atoms with van der Waals surface area (Å²) < 4.78 is 10.5. The number of hydrogen-bond donors (Lipinski definition) is 1. The molecule has 136 valence electrons. The van der Waals surface area contributed by atoms with Gasteiger partial charge in [0.15, 0.2) is 11.5 Å².